The second-order valence-corrected chi connectivity index (χ2v) is 5.12. The van der Waals surface area contributed by atoms with E-state index in [-0.39, 0.29) is 0 Å². The van der Waals surface area contributed by atoms with Crippen LogP contribution in [0.3, 0.4) is 0 Å². The Morgan fingerprint density at radius 3 is 3.00 bits per heavy atom. The van der Waals surface area contributed by atoms with Gasteiger partial charge in [-0.2, -0.15) is 5.26 Å². The van der Waals surface area contributed by atoms with Gasteiger partial charge in [-0.15, -0.1) is 11.8 Å². The smallest absolute Gasteiger partial charge is 0.103 e. The van der Waals surface area contributed by atoms with E-state index in [4.69, 9.17) is 0 Å². The van der Waals surface area contributed by atoms with Gasteiger partial charge in [-0.3, -0.25) is 0 Å². The number of rotatable bonds is 2. The summed E-state index contributed by atoms with van der Waals surface area (Å²) in [6.07, 6.45) is 2.01. The first-order valence-corrected chi connectivity index (χ1v) is 7.04. The quantitative estimate of drug-likeness (QED) is 0.812. The van der Waals surface area contributed by atoms with Crippen LogP contribution in [0.1, 0.15) is 12.5 Å². The Morgan fingerprint density at radius 2 is 2.35 bits per heavy atom. The number of nitrogens with zero attached hydrogens (tertiary/aromatic N) is 2. The average molecular weight is 247 g/mol. The number of nitrogens with one attached hydrogen (secondary N) is 1. The lowest BCUT2D eigenvalue weighted by Gasteiger charge is -2.34. The molecule has 0 saturated carbocycles. The first kappa shape index (κ1) is 12.3. The highest BCUT2D eigenvalue weighted by Crippen LogP contribution is 2.29. The Balaban J connectivity index is 2.34. The van der Waals surface area contributed by atoms with Crippen molar-refractivity contribution in [1.82, 2.24) is 5.32 Å². The van der Waals surface area contributed by atoms with Crippen LogP contribution in [0, 0.1) is 11.3 Å². The summed E-state index contributed by atoms with van der Waals surface area (Å²) in [4.78, 5) is 3.37. The molecule has 1 atom stereocenters. The maximum atomic E-state index is 9.32. The van der Waals surface area contributed by atoms with E-state index in [1.807, 2.05) is 18.4 Å². The van der Waals surface area contributed by atoms with Crippen LogP contribution in [-0.4, -0.2) is 31.9 Å². The maximum absolute atomic E-state index is 9.32. The molecule has 0 spiro atoms. The Kier molecular flexibility index (Phi) is 3.93. The summed E-state index contributed by atoms with van der Waals surface area (Å²) in [7, 11) is 0. The minimum absolute atomic E-state index is 0.480. The highest BCUT2D eigenvalue weighted by molar-refractivity contribution is 7.98. The van der Waals surface area contributed by atoms with Gasteiger partial charge in [-0.25, -0.2) is 0 Å². The van der Waals surface area contributed by atoms with Crippen molar-refractivity contribution in [3.8, 4) is 6.07 Å². The number of thioether (sulfide) groups is 1. The molecule has 4 heteroatoms. The molecular weight excluding hydrogens is 230 g/mol. The average Bonchev–Trinajstić information content (AvgIpc) is 2.37. The summed E-state index contributed by atoms with van der Waals surface area (Å²) < 4.78 is 0. The lowest BCUT2D eigenvalue weighted by molar-refractivity contribution is 0.484. The van der Waals surface area contributed by atoms with E-state index in [1.54, 1.807) is 11.8 Å². The minimum Gasteiger partial charge on any atom is -0.368 e. The molecule has 1 heterocycles. The zero-order valence-corrected chi connectivity index (χ0v) is 11.0. The number of anilines is 1. The monoisotopic (exact) mass is 247 g/mol. The van der Waals surface area contributed by atoms with Crippen molar-refractivity contribution in [1.29, 1.82) is 5.26 Å². The van der Waals surface area contributed by atoms with Crippen LogP contribution < -0.4 is 10.2 Å². The molecule has 1 unspecified atom stereocenters. The van der Waals surface area contributed by atoms with Crippen molar-refractivity contribution in [3.63, 3.8) is 0 Å². The summed E-state index contributed by atoms with van der Waals surface area (Å²) in [6, 6.07) is 8.92. The maximum Gasteiger partial charge on any atom is 0.103 e. The molecule has 1 aliphatic heterocycles. The van der Waals surface area contributed by atoms with Gasteiger partial charge < -0.3 is 10.2 Å². The highest BCUT2D eigenvalue weighted by atomic mass is 32.2. The number of piperazine rings is 1. The predicted octanol–water partition coefficient (Wildman–Crippen LogP) is 2.08. The van der Waals surface area contributed by atoms with Crippen LogP contribution in [0.15, 0.2) is 23.1 Å². The van der Waals surface area contributed by atoms with Crippen molar-refractivity contribution < 1.29 is 0 Å². The van der Waals surface area contributed by atoms with Gasteiger partial charge in [0, 0.05) is 30.6 Å². The van der Waals surface area contributed by atoms with E-state index in [2.05, 4.69) is 29.3 Å². The molecule has 3 nitrogen and oxygen atoms in total. The number of nitriles is 1. The van der Waals surface area contributed by atoms with Crippen LogP contribution >= 0.6 is 11.8 Å². The molecular formula is C13H17N3S. The molecule has 0 aromatic heterocycles. The molecule has 17 heavy (non-hydrogen) atoms. The highest BCUT2D eigenvalue weighted by Gasteiger charge is 2.19. The fourth-order valence-corrected chi connectivity index (χ4v) is 2.79. The molecule has 1 aliphatic rings. The number of hydrogen-bond donors (Lipinski definition) is 1. The normalized spacial score (nSPS) is 20.1. The summed E-state index contributed by atoms with van der Waals surface area (Å²) >= 11 is 1.63. The van der Waals surface area contributed by atoms with Gasteiger partial charge in [-0.05, 0) is 25.3 Å². The molecule has 1 N–H and O–H groups in total. The largest absolute Gasteiger partial charge is 0.368 e. The van der Waals surface area contributed by atoms with Gasteiger partial charge >= 0.3 is 0 Å². The van der Waals surface area contributed by atoms with E-state index < -0.39 is 0 Å². The Bertz CT molecular complexity index is 439. The van der Waals surface area contributed by atoms with Crippen molar-refractivity contribution in [2.45, 2.75) is 17.9 Å². The number of hydrogen-bond acceptors (Lipinski definition) is 4. The van der Waals surface area contributed by atoms with Crippen LogP contribution in [0.2, 0.25) is 0 Å². The van der Waals surface area contributed by atoms with E-state index in [9.17, 15) is 5.26 Å². The molecule has 1 aromatic rings. The third-order valence-corrected chi connectivity index (χ3v) is 3.83. The van der Waals surface area contributed by atoms with Crippen LogP contribution in [0.4, 0.5) is 5.69 Å². The molecule has 0 aliphatic carbocycles. The first-order chi connectivity index (χ1) is 8.26. The Morgan fingerprint density at radius 1 is 1.53 bits per heavy atom. The minimum atomic E-state index is 0.480. The lowest BCUT2D eigenvalue weighted by atomic mass is 10.1. The molecule has 1 fully saturated rings. The summed E-state index contributed by atoms with van der Waals surface area (Å²) in [6.45, 7) is 5.09. The Labute approximate surface area is 107 Å². The molecule has 0 amide bonds. The molecule has 2 rings (SSSR count). The summed E-state index contributed by atoms with van der Waals surface area (Å²) in [5.74, 6) is 0. The molecule has 90 valence electrons. The standard InChI is InChI=1S/C13H17N3S/c1-10-9-16(7-6-15-10)12-4-3-5-13(17-2)11(12)8-14/h3-5,10,15H,6-7,9H2,1-2H3. The van der Waals surface area contributed by atoms with Gasteiger partial charge in [0.15, 0.2) is 0 Å². The van der Waals surface area contributed by atoms with Crippen molar-refractivity contribution in [2.24, 2.45) is 0 Å². The summed E-state index contributed by atoms with van der Waals surface area (Å²) in [5.41, 5.74) is 1.89. The first-order valence-electron chi connectivity index (χ1n) is 5.81. The summed E-state index contributed by atoms with van der Waals surface area (Å²) in [5, 5.41) is 12.7. The van der Waals surface area contributed by atoms with E-state index in [0.717, 1.165) is 35.8 Å². The van der Waals surface area contributed by atoms with E-state index in [1.165, 1.54) is 0 Å². The Hall–Kier alpha value is -1.18. The van der Waals surface area contributed by atoms with Crippen molar-refractivity contribution in [2.75, 3.05) is 30.8 Å². The van der Waals surface area contributed by atoms with Gasteiger partial charge in [0.25, 0.3) is 0 Å². The lowest BCUT2D eigenvalue weighted by Crippen LogP contribution is -2.49. The predicted molar refractivity (Wildman–Crippen MR) is 72.6 cm³/mol. The molecule has 1 saturated heterocycles. The third-order valence-electron chi connectivity index (χ3n) is 3.05. The second-order valence-electron chi connectivity index (χ2n) is 4.27. The topological polar surface area (TPSA) is 39.1 Å². The number of benzene rings is 1. The fraction of sp³-hybridized carbons (Fsp3) is 0.462. The van der Waals surface area contributed by atoms with Gasteiger partial charge in [0.05, 0.1) is 11.3 Å². The fourth-order valence-electron chi connectivity index (χ4n) is 2.22. The van der Waals surface area contributed by atoms with E-state index in [0.29, 0.717) is 6.04 Å². The molecule has 0 radical (unpaired) electrons. The van der Waals surface area contributed by atoms with Gasteiger partial charge in [0.1, 0.15) is 6.07 Å². The SMILES string of the molecule is CSc1cccc(N2CCNC(C)C2)c1C#N. The van der Waals surface area contributed by atoms with Crippen molar-refractivity contribution in [3.05, 3.63) is 23.8 Å². The second kappa shape index (κ2) is 5.44. The molecule has 0 bridgehead atoms. The van der Waals surface area contributed by atoms with Crippen LogP contribution in [0.5, 0.6) is 0 Å². The molecule has 1 aromatic carbocycles. The third kappa shape index (κ3) is 2.56. The van der Waals surface area contributed by atoms with Crippen molar-refractivity contribution >= 4 is 17.4 Å². The van der Waals surface area contributed by atoms with E-state index >= 15 is 0 Å². The van der Waals surface area contributed by atoms with Crippen LogP contribution in [0.25, 0.3) is 0 Å². The van der Waals surface area contributed by atoms with Crippen LogP contribution in [-0.2, 0) is 0 Å². The van der Waals surface area contributed by atoms with Gasteiger partial charge in [0.2, 0.25) is 0 Å². The zero-order chi connectivity index (χ0) is 12.3. The zero-order valence-electron chi connectivity index (χ0n) is 10.2. The van der Waals surface area contributed by atoms with Gasteiger partial charge in [-0.1, -0.05) is 6.07 Å².